The van der Waals surface area contributed by atoms with Gasteiger partial charge in [0.15, 0.2) is 5.54 Å². The molecule has 3 aromatic rings. The Labute approximate surface area is 150 Å². The number of aryl methyl sites for hydroxylation is 1. The van der Waals surface area contributed by atoms with Gasteiger partial charge in [-0.05, 0) is 32.2 Å². The van der Waals surface area contributed by atoms with Crippen molar-refractivity contribution in [1.82, 2.24) is 19.7 Å². The van der Waals surface area contributed by atoms with Crippen LogP contribution in [0, 0.1) is 0 Å². The maximum Gasteiger partial charge on any atom is 0.333 e. The van der Waals surface area contributed by atoms with Crippen LogP contribution in [0.5, 0.6) is 0 Å². The number of rotatable bonds is 6. The number of nitrogens with zero attached hydrogens (tertiary/aromatic N) is 4. The number of carbonyl (C=O) groups excluding carboxylic acids is 1. The van der Waals surface area contributed by atoms with Gasteiger partial charge in [-0.1, -0.05) is 6.92 Å². The molecule has 0 aromatic carbocycles. The second-order valence-corrected chi connectivity index (χ2v) is 6.95. The van der Waals surface area contributed by atoms with Crippen molar-refractivity contribution >= 4 is 39.0 Å². The Bertz CT molecular complexity index is 899. The number of thiophene rings is 1. The number of esters is 1. The lowest BCUT2D eigenvalue weighted by molar-refractivity contribution is -0.152. The van der Waals surface area contributed by atoms with Crippen LogP contribution in [0.2, 0.25) is 0 Å². The molecule has 0 saturated heterocycles. The molecule has 0 amide bonds. The topological polar surface area (TPSA) is 81.9 Å². The molecule has 0 spiro atoms. The fraction of sp³-hybridized carbons (Fsp3) is 0.412. The van der Waals surface area contributed by atoms with Gasteiger partial charge in [0.1, 0.15) is 16.5 Å². The number of ether oxygens (including phenoxy) is 1. The maximum absolute atomic E-state index is 12.1. The molecule has 132 valence electrons. The lowest BCUT2D eigenvalue weighted by Gasteiger charge is -2.22. The Morgan fingerprint density at radius 1 is 1.36 bits per heavy atom. The van der Waals surface area contributed by atoms with Gasteiger partial charge in [-0.15, -0.1) is 11.3 Å². The maximum atomic E-state index is 12.1. The van der Waals surface area contributed by atoms with E-state index in [2.05, 4.69) is 20.4 Å². The molecule has 0 bridgehead atoms. The summed E-state index contributed by atoms with van der Waals surface area (Å²) in [6.45, 7) is 7.71. The molecule has 0 radical (unpaired) electrons. The molecule has 25 heavy (non-hydrogen) atoms. The summed E-state index contributed by atoms with van der Waals surface area (Å²) in [5, 5.41) is 10.6. The Hall–Kier alpha value is -2.48. The number of anilines is 2. The summed E-state index contributed by atoms with van der Waals surface area (Å²) < 4.78 is 6.72. The first-order valence-corrected chi connectivity index (χ1v) is 9.07. The number of hydrogen-bond acceptors (Lipinski definition) is 7. The Morgan fingerprint density at radius 3 is 2.88 bits per heavy atom. The van der Waals surface area contributed by atoms with Crippen molar-refractivity contribution in [2.24, 2.45) is 0 Å². The fourth-order valence-electron chi connectivity index (χ4n) is 2.38. The van der Waals surface area contributed by atoms with E-state index in [0.29, 0.717) is 6.61 Å². The van der Waals surface area contributed by atoms with E-state index in [9.17, 15) is 4.79 Å². The van der Waals surface area contributed by atoms with Crippen molar-refractivity contribution in [3.63, 3.8) is 0 Å². The van der Waals surface area contributed by atoms with Crippen molar-refractivity contribution in [2.45, 2.75) is 39.7 Å². The first-order chi connectivity index (χ1) is 12.0. The normalized spacial score (nSPS) is 11.7. The third-order valence-corrected chi connectivity index (χ3v) is 4.69. The molecule has 0 unspecified atom stereocenters. The third kappa shape index (κ3) is 3.34. The monoisotopic (exact) mass is 359 g/mol. The smallest absolute Gasteiger partial charge is 0.333 e. The summed E-state index contributed by atoms with van der Waals surface area (Å²) in [5.74, 6) is 1.22. The van der Waals surface area contributed by atoms with Gasteiger partial charge in [0.2, 0.25) is 0 Å². The van der Waals surface area contributed by atoms with Gasteiger partial charge < -0.3 is 10.1 Å². The third-order valence-electron chi connectivity index (χ3n) is 3.88. The second kappa shape index (κ2) is 6.79. The molecule has 0 saturated carbocycles. The van der Waals surface area contributed by atoms with E-state index in [1.807, 2.05) is 18.4 Å². The molecule has 8 heteroatoms. The number of aromatic nitrogens is 4. The Kier molecular flexibility index (Phi) is 4.71. The summed E-state index contributed by atoms with van der Waals surface area (Å²) in [6.07, 6.45) is 4.22. The van der Waals surface area contributed by atoms with Crippen molar-refractivity contribution in [1.29, 1.82) is 0 Å². The van der Waals surface area contributed by atoms with Crippen LogP contribution in [-0.4, -0.2) is 32.3 Å². The highest BCUT2D eigenvalue weighted by Gasteiger charge is 2.32. The summed E-state index contributed by atoms with van der Waals surface area (Å²) in [6, 6.07) is 1.99. The van der Waals surface area contributed by atoms with Crippen molar-refractivity contribution in [3.05, 3.63) is 29.7 Å². The quantitative estimate of drug-likeness (QED) is 0.679. The van der Waals surface area contributed by atoms with Crippen LogP contribution in [0.15, 0.2) is 23.8 Å². The zero-order valence-electron chi connectivity index (χ0n) is 14.7. The number of hydrogen-bond donors (Lipinski definition) is 1. The molecule has 0 aliphatic carbocycles. The molecule has 0 fully saturated rings. The zero-order chi connectivity index (χ0) is 18.0. The van der Waals surface area contributed by atoms with Crippen LogP contribution < -0.4 is 5.32 Å². The van der Waals surface area contributed by atoms with E-state index < -0.39 is 5.54 Å². The van der Waals surface area contributed by atoms with Gasteiger partial charge in [-0.3, -0.25) is 4.68 Å². The van der Waals surface area contributed by atoms with Crippen LogP contribution in [0.4, 0.5) is 11.5 Å². The van der Waals surface area contributed by atoms with Gasteiger partial charge in [0.25, 0.3) is 0 Å². The highest BCUT2D eigenvalue weighted by molar-refractivity contribution is 7.16. The predicted octanol–water partition coefficient (Wildman–Crippen LogP) is 3.49. The van der Waals surface area contributed by atoms with Crippen molar-refractivity contribution < 1.29 is 9.53 Å². The van der Waals surface area contributed by atoms with E-state index in [-0.39, 0.29) is 5.97 Å². The van der Waals surface area contributed by atoms with Crippen molar-refractivity contribution in [2.75, 3.05) is 11.9 Å². The lowest BCUT2D eigenvalue weighted by Crippen LogP contribution is -2.37. The number of carbonyl (C=O) groups is 1. The highest BCUT2D eigenvalue weighted by Crippen LogP contribution is 2.28. The van der Waals surface area contributed by atoms with Crippen LogP contribution >= 0.6 is 11.3 Å². The molecule has 0 atom stereocenters. The van der Waals surface area contributed by atoms with Gasteiger partial charge in [0.05, 0.1) is 23.9 Å². The average molecular weight is 359 g/mol. The summed E-state index contributed by atoms with van der Waals surface area (Å²) in [4.78, 5) is 22.2. The van der Waals surface area contributed by atoms with E-state index in [1.165, 1.54) is 0 Å². The van der Waals surface area contributed by atoms with E-state index in [1.54, 1.807) is 49.2 Å². The molecule has 0 aliphatic rings. The average Bonchev–Trinajstić information content (AvgIpc) is 3.24. The van der Waals surface area contributed by atoms with E-state index >= 15 is 0 Å². The second-order valence-electron chi connectivity index (χ2n) is 6.06. The Morgan fingerprint density at radius 2 is 2.16 bits per heavy atom. The minimum atomic E-state index is -0.881. The molecule has 1 N–H and O–H groups in total. The van der Waals surface area contributed by atoms with Crippen molar-refractivity contribution in [3.8, 4) is 0 Å². The van der Waals surface area contributed by atoms with Gasteiger partial charge in [0, 0.05) is 12.6 Å². The molecule has 3 aromatic heterocycles. The first kappa shape index (κ1) is 17.3. The summed E-state index contributed by atoms with van der Waals surface area (Å²) in [7, 11) is 0. The van der Waals surface area contributed by atoms with Gasteiger partial charge in [-0.2, -0.15) is 5.10 Å². The predicted molar refractivity (Wildman–Crippen MR) is 98.3 cm³/mol. The molecular formula is C17H21N5O2S. The molecule has 0 aliphatic heterocycles. The SMILES string of the molecule is CCOC(=O)C(C)(C)n1cc(Nc2nc(CC)nc3sccc23)cn1. The lowest BCUT2D eigenvalue weighted by atomic mass is 10.1. The van der Waals surface area contributed by atoms with Crippen LogP contribution in [0.1, 0.15) is 33.5 Å². The molecule has 3 rings (SSSR count). The standard InChI is InChI=1S/C17H21N5O2S/c1-5-13-20-14(12-7-8-25-15(12)21-13)19-11-9-18-22(10-11)17(3,4)16(23)24-6-2/h7-10H,5-6H2,1-4H3,(H,19,20,21). The van der Waals surface area contributed by atoms with Crippen LogP contribution in [0.3, 0.4) is 0 Å². The number of nitrogens with one attached hydrogen (secondary N) is 1. The first-order valence-electron chi connectivity index (χ1n) is 8.19. The fourth-order valence-corrected chi connectivity index (χ4v) is 3.17. The number of fused-ring (bicyclic) bond motifs is 1. The van der Waals surface area contributed by atoms with Crippen LogP contribution in [-0.2, 0) is 21.5 Å². The molecule has 3 heterocycles. The Balaban J connectivity index is 1.89. The minimum Gasteiger partial charge on any atom is -0.464 e. The molecule has 7 nitrogen and oxygen atoms in total. The van der Waals surface area contributed by atoms with E-state index in [0.717, 1.165) is 34.0 Å². The van der Waals surface area contributed by atoms with E-state index in [4.69, 9.17) is 4.74 Å². The summed E-state index contributed by atoms with van der Waals surface area (Å²) >= 11 is 1.59. The highest BCUT2D eigenvalue weighted by atomic mass is 32.1. The molecular weight excluding hydrogens is 338 g/mol. The summed E-state index contributed by atoms with van der Waals surface area (Å²) in [5.41, 5.74) is -0.126. The minimum absolute atomic E-state index is 0.319. The van der Waals surface area contributed by atoms with Crippen LogP contribution in [0.25, 0.3) is 10.2 Å². The largest absolute Gasteiger partial charge is 0.464 e. The van der Waals surface area contributed by atoms with Gasteiger partial charge >= 0.3 is 5.97 Å². The zero-order valence-corrected chi connectivity index (χ0v) is 15.6. The van der Waals surface area contributed by atoms with Gasteiger partial charge in [-0.25, -0.2) is 14.8 Å².